The number of aliphatic carboxylic acids is 1. The minimum atomic E-state index is -0.845. The summed E-state index contributed by atoms with van der Waals surface area (Å²) in [5.41, 5.74) is 0.115. The molecule has 4 nitrogen and oxygen atoms in total. The highest BCUT2D eigenvalue weighted by atomic mass is 79.9. The van der Waals surface area contributed by atoms with Crippen LogP contribution in [0.5, 0.6) is 0 Å². The van der Waals surface area contributed by atoms with Crippen LogP contribution < -0.4 is 5.32 Å². The van der Waals surface area contributed by atoms with E-state index < -0.39 is 11.4 Å². The van der Waals surface area contributed by atoms with Crippen molar-refractivity contribution in [1.82, 2.24) is 5.32 Å². The average Bonchev–Trinajstić information content (AvgIpc) is 2.24. The van der Waals surface area contributed by atoms with Gasteiger partial charge in [0.2, 0.25) is 0 Å². The van der Waals surface area contributed by atoms with Crippen LogP contribution in [-0.2, 0) is 9.53 Å². The summed E-state index contributed by atoms with van der Waals surface area (Å²) in [7, 11) is 1.77. The molecule has 1 aliphatic heterocycles. The van der Waals surface area contributed by atoms with Crippen LogP contribution in [0.25, 0.3) is 0 Å². The molecule has 92 valence electrons. The summed E-state index contributed by atoms with van der Waals surface area (Å²) in [6.45, 7) is 0.508. The topological polar surface area (TPSA) is 58.6 Å². The molecule has 1 atom stereocenters. The number of carboxylic acids is 1. The quantitative estimate of drug-likeness (QED) is 0.890. The zero-order valence-corrected chi connectivity index (χ0v) is 11.0. The number of carboxylic acid groups (broad SMARTS) is 1. The number of carbonyl (C=O) groups is 1. The molecule has 5 heteroatoms. The maximum Gasteiger partial charge on any atom is 0.316 e. The average molecular weight is 300 g/mol. The van der Waals surface area contributed by atoms with E-state index in [-0.39, 0.29) is 19.3 Å². The van der Waals surface area contributed by atoms with Crippen molar-refractivity contribution in [2.45, 2.75) is 6.04 Å². The number of nitrogens with one attached hydrogen (secondary N) is 1. The lowest BCUT2D eigenvalue weighted by Crippen LogP contribution is -2.56. The Kier molecular flexibility index (Phi) is 3.51. The van der Waals surface area contributed by atoms with Crippen LogP contribution in [0.15, 0.2) is 28.7 Å². The van der Waals surface area contributed by atoms with Gasteiger partial charge < -0.3 is 15.2 Å². The van der Waals surface area contributed by atoms with Crippen LogP contribution in [0.1, 0.15) is 11.6 Å². The van der Waals surface area contributed by atoms with Gasteiger partial charge in [-0.05, 0) is 24.7 Å². The Labute approximate surface area is 108 Å². The van der Waals surface area contributed by atoms with Crippen LogP contribution in [-0.4, -0.2) is 31.3 Å². The van der Waals surface area contributed by atoms with Gasteiger partial charge in [-0.2, -0.15) is 0 Å². The van der Waals surface area contributed by atoms with E-state index in [0.29, 0.717) is 0 Å². The predicted molar refractivity (Wildman–Crippen MR) is 66.8 cm³/mol. The van der Waals surface area contributed by atoms with E-state index in [1.165, 1.54) is 0 Å². The van der Waals surface area contributed by atoms with Crippen LogP contribution in [0.3, 0.4) is 0 Å². The second-order valence-electron chi connectivity index (χ2n) is 4.23. The summed E-state index contributed by atoms with van der Waals surface area (Å²) in [6, 6.07) is 7.44. The van der Waals surface area contributed by atoms with Crippen LogP contribution in [0.2, 0.25) is 0 Å². The Hall–Kier alpha value is -0.910. The Morgan fingerprint density at radius 2 is 2.06 bits per heavy atom. The number of ether oxygens (including phenoxy) is 1. The van der Waals surface area contributed by atoms with Gasteiger partial charge in [0.05, 0.1) is 19.3 Å². The van der Waals surface area contributed by atoms with Gasteiger partial charge >= 0.3 is 5.97 Å². The molecule has 0 aliphatic carbocycles. The fourth-order valence-corrected chi connectivity index (χ4v) is 2.42. The maximum atomic E-state index is 11.4. The Morgan fingerprint density at radius 1 is 1.47 bits per heavy atom. The molecule has 17 heavy (non-hydrogen) atoms. The van der Waals surface area contributed by atoms with Crippen molar-refractivity contribution >= 4 is 21.9 Å². The summed E-state index contributed by atoms with van der Waals surface area (Å²) < 4.78 is 6.07. The highest BCUT2D eigenvalue weighted by molar-refractivity contribution is 9.10. The maximum absolute atomic E-state index is 11.4. The lowest BCUT2D eigenvalue weighted by Gasteiger charge is -2.43. The van der Waals surface area contributed by atoms with Crippen molar-refractivity contribution in [3.05, 3.63) is 34.3 Å². The molecule has 1 aromatic rings. The van der Waals surface area contributed by atoms with Gasteiger partial charge in [0, 0.05) is 4.47 Å². The zero-order chi connectivity index (χ0) is 12.5. The summed E-state index contributed by atoms with van der Waals surface area (Å²) in [5.74, 6) is -0.814. The van der Waals surface area contributed by atoms with Gasteiger partial charge in [-0.1, -0.05) is 28.1 Å². The van der Waals surface area contributed by atoms with E-state index >= 15 is 0 Å². The van der Waals surface area contributed by atoms with Gasteiger partial charge in [-0.25, -0.2) is 0 Å². The number of hydrogen-bond acceptors (Lipinski definition) is 3. The molecule has 0 aromatic heterocycles. The standard InChI is InChI=1S/C12H14BrNO3/c1-14-10(8-2-4-9(13)5-3-8)12(11(15)16)6-17-7-12/h2-5,10,14H,6-7H2,1H3,(H,15,16). The number of hydrogen-bond donors (Lipinski definition) is 2. The molecule has 1 aromatic carbocycles. The van der Waals surface area contributed by atoms with Crippen LogP contribution in [0.4, 0.5) is 0 Å². The highest BCUT2D eigenvalue weighted by Crippen LogP contribution is 2.40. The summed E-state index contributed by atoms with van der Waals surface area (Å²) in [5, 5.41) is 12.5. The van der Waals surface area contributed by atoms with Crippen molar-refractivity contribution in [3.63, 3.8) is 0 Å². The van der Waals surface area contributed by atoms with E-state index in [4.69, 9.17) is 4.74 Å². The highest BCUT2D eigenvalue weighted by Gasteiger charge is 2.52. The van der Waals surface area contributed by atoms with E-state index in [1.807, 2.05) is 24.3 Å². The lowest BCUT2D eigenvalue weighted by molar-refractivity contribution is -0.186. The molecular weight excluding hydrogens is 286 g/mol. The number of halogens is 1. The van der Waals surface area contributed by atoms with Gasteiger partial charge in [0.15, 0.2) is 0 Å². The van der Waals surface area contributed by atoms with Crippen LogP contribution in [0, 0.1) is 5.41 Å². The molecule has 1 saturated heterocycles. The molecule has 2 N–H and O–H groups in total. The van der Waals surface area contributed by atoms with E-state index in [0.717, 1.165) is 10.0 Å². The second kappa shape index (κ2) is 4.76. The largest absolute Gasteiger partial charge is 0.481 e. The third kappa shape index (κ3) is 2.10. The van der Waals surface area contributed by atoms with E-state index in [2.05, 4.69) is 21.2 Å². The van der Waals surface area contributed by atoms with Gasteiger partial charge in [-0.3, -0.25) is 4.79 Å². The third-order valence-corrected chi connectivity index (χ3v) is 3.72. The Bertz CT molecular complexity index is 414. The molecule has 0 bridgehead atoms. The molecule has 2 rings (SSSR count). The second-order valence-corrected chi connectivity index (χ2v) is 5.14. The van der Waals surface area contributed by atoms with Gasteiger partial charge in [0.1, 0.15) is 5.41 Å². The minimum Gasteiger partial charge on any atom is -0.481 e. The van der Waals surface area contributed by atoms with Gasteiger partial charge in [0.25, 0.3) is 0 Å². The molecule has 0 amide bonds. The van der Waals surface area contributed by atoms with Crippen LogP contribution >= 0.6 is 15.9 Å². The number of benzene rings is 1. The minimum absolute atomic E-state index is 0.234. The van der Waals surface area contributed by atoms with Crippen molar-refractivity contribution in [3.8, 4) is 0 Å². The van der Waals surface area contributed by atoms with Crippen molar-refractivity contribution in [2.75, 3.05) is 20.3 Å². The first-order chi connectivity index (χ1) is 8.10. The van der Waals surface area contributed by atoms with Gasteiger partial charge in [-0.15, -0.1) is 0 Å². The fraction of sp³-hybridized carbons (Fsp3) is 0.417. The first kappa shape index (κ1) is 12.5. The molecule has 0 spiro atoms. The Morgan fingerprint density at radius 3 is 2.41 bits per heavy atom. The summed E-state index contributed by atoms with van der Waals surface area (Å²) >= 11 is 3.37. The van der Waals surface area contributed by atoms with Crippen molar-refractivity contribution in [2.24, 2.45) is 5.41 Å². The molecule has 0 saturated carbocycles. The molecule has 1 fully saturated rings. The fourth-order valence-electron chi connectivity index (χ4n) is 2.15. The lowest BCUT2D eigenvalue weighted by atomic mass is 9.75. The summed E-state index contributed by atoms with van der Waals surface area (Å²) in [4.78, 5) is 11.4. The summed E-state index contributed by atoms with van der Waals surface area (Å²) in [6.07, 6.45) is 0. The van der Waals surface area contributed by atoms with E-state index in [1.54, 1.807) is 7.05 Å². The molecule has 1 heterocycles. The normalized spacial score (nSPS) is 19.4. The monoisotopic (exact) mass is 299 g/mol. The van der Waals surface area contributed by atoms with E-state index in [9.17, 15) is 9.90 Å². The van der Waals surface area contributed by atoms with Crippen molar-refractivity contribution < 1.29 is 14.6 Å². The number of rotatable bonds is 4. The zero-order valence-electron chi connectivity index (χ0n) is 9.44. The first-order valence-corrected chi connectivity index (χ1v) is 6.13. The Balaban J connectivity index is 2.32. The third-order valence-electron chi connectivity index (χ3n) is 3.19. The molecular formula is C12H14BrNO3. The van der Waals surface area contributed by atoms with Crippen molar-refractivity contribution in [1.29, 1.82) is 0 Å². The smallest absolute Gasteiger partial charge is 0.316 e. The predicted octanol–water partition coefficient (Wildman–Crippen LogP) is 1.81. The SMILES string of the molecule is CNC(c1ccc(Br)cc1)C1(C(=O)O)COC1. The first-order valence-electron chi connectivity index (χ1n) is 5.34. The molecule has 0 radical (unpaired) electrons. The molecule has 1 aliphatic rings. The molecule has 1 unspecified atom stereocenters.